The van der Waals surface area contributed by atoms with Crippen LogP contribution in [0, 0.1) is 0 Å². The standard InChI is InChI=1S/C21H21NO3/c1-23-21-14-16(6-7-20(21)24-17-4-2-3-5-17)19-9-8-18(25-19)15-10-12-22-13-11-15/h6-14,17H,2-5H2,1H3. The minimum atomic E-state index is 0.307. The maximum absolute atomic E-state index is 6.10. The molecule has 0 spiro atoms. The molecule has 25 heavy (non-hydrogen) atoms. The summed E-state index contributed by atoms with van der Waals surface area (Å²) in [5, 5.41) is 0. The van der Waals surface area contributed by atoms with Crippen LogP contribution < -0.4 is 9.47 Å². The summed E-state index contributed by atoms with van der Waals surface area (Å²) in [5.74, 6) is 3.17. The predicted octanol–water partition coefficient (Wildman–Crippen LogP) is 5.34. The van der Waals surface area contributed by atoms with Crippen LogP contribution in [0.3, 0.4) is 0 Å². The van der Waals surface area contributed by atoms with Crippen LogP contribution in [0.5, 0.6) is 11.5 Å². The molecule has 0 atom stereocenters. The second-order valence-electron chi connectivity index (χ2n) is 6.29. The van der Waals surface area contributed by atoms with Crippen LogP contribution in [0.15, 0.2) is 59.3 Å². The lowest BCUT2D eigenvalue weighted by Gasteiger charge is -2.16. The lowest BCUT2D eigenvalue weighted by atomic mass is 10.1. The van der Waals surface area contributed by atoms with Gasteiger partial charge in [-0.05, 0) is 68.1 Å². The summed E-state index contributed by atoms with van der Waals surface area (Å²) in [5.41, 5.74) is 1.98. The average Bonchev–Trinajstić information content (AvgIpc) is 3.35. The largest absolute Gasteiger partial charge is 0.493 e. The number of hydrogen-bond acceptors (Lipinski definition) is 4. The van der Waals surface area contributed by atoms with E-state index < -0.39 is 0 Å². The minimum Gasteiger partial charge on any atom is -0.493 e. The summed E-state index contributed by atoms with van der Waals surface area (Å²) < 4.78 is 17.6. The third kappa shape index (κ3) is 3.38. The fourth-order valence-electron chi connectivity index (χ4n) is 3.27. The third-order valence-electron chi connectivity index (χ3n) is 4.61. The Morgan fingerprint density at radius 1 is 0.880 bits per heavy atom. The molecule has 4 rings (SSSR count). The predicted molar refractivity (Wildman–Crippen MR) is 96.8 cm³/mol. The van der Waals surface area contributed by atoms with Crippen molar-refractivity contribution in [3.05, 3.63) is 54.9 Å². The van der Waals surface area contributed by atoms with Gasteiger partial charge in [-0.1, -0.05) is 0 Å². The van der Waals surface area contributed by atoms with E-state index in [9.17, 15) is 0 Å². The zero-order chi connectivity index (χ0) is 17.1. The fraction of sp³-hybridized carbons (Fsp3) is 0.286. The monoisotopic (exact) mass is 335 g/mol. The summed E-state index contributed by atoms with van der Waals surface area (Å²) in [4.78, 5) is 4.04. The molecule has 1 aliphatic rings. The first kappa shape index (κ1) is 15.8. The van der Waals surface area contributed by atoms with Crippen molar-refractivity contribution in [3.63, 3.8) is 0 Å². The molecule has 1 saturated carbocycles. The van der Waals surface area contributed by atoms with Gasteiger partial charge in [-0.25, -0.2) is 0 Å². The highest BCUT2D eigenvalue weighted by Gasteiger charge is 2.19. The number of ether oxygens (including phenoxy) is 2. The van der Waals surface area contributed by atoms with Gasteiger partial charge in [-0.2, -0.15) is 0 Å². The first-order valence-electron chi connectivity index (χ1n) is 8.69. The Bertz CT molecular complexity index is 835. The van der Waals surface area contributed by atoms with Crippen LogP contribution >= 0.6 is 0 Å². The summed E-state index contributed by atoms with van der Waals surface area (Å²) in [6, 6.07) is 13.8. The van der Waals surface area contributed by atoms with Gasteiger partial charge in [0.15, 0.2) is 11.5 Å². The quantitative estimate of drug-likeness (QED) is 0.631. The number of rotatable bonds is 5. The fourth-order valence-corrected chi connectivity index (χ4v) is 3.27. The highest BCUT2D eigenvalue weighted by molar-refractivity contribution is 5.67. The van der Waals surface area contributed by atoms with Crippen molar-refractivity contribution >= 4 is 0 Å². The normalized spacial score (nSPS) is 14.6. The topological polar surface area (TPSA) is 44.5 Å². The number of hydrogen-bond donors (Lipinski definition) is 0. The van der Waals surface area contributed by atoms with E-state index in [2.05, 4.69) is 4.98 Å². The van der Waals surface area contributed by atoms with E-state index in [0.29, 0.717) is 6.10 Å². The molecular formula is C21H21NO3. The Balaban J connectivity index is 1.59. The number of benzene rings is 1. The van der Waals surface area contributed by atoms with Gasteiger partial charge in [0.2, 0.25) is 0 Å². The van der Waals surface area contributed by atoms with Gasteiger partial charge in [-0.15, -0.1) is 0 Å². The van der Waals surface area contributed by atoms with Gasteiger partial charge in [0.05, 0.1) is 13.2 Å². The lowest BCUT2D eigenvalue weighted by Crippen LogP contribution is -2.11. The molecule has 128 valence electrons. The lowest BCUT2D eigenvalue weighted by molar-refractivity contribution is 0.201. The molecule has 0 aliphatic heterocycles. The van der Waals surface area contributed by atoms with E-state index >= 15 is 0 Å². The third-order valence-corrected chi connectivity index (χ3v) is 4.61. The number of pyridine rings is 1. The smallest absolute Gasteiger partial charge is 0.161 e. The highest BCUT2D eigenvalue weighted by atomic mass is 16.5. The molecule has 0 amide bonds. The Hall–Kier alpha value is -2.75. The van der Waals surface area contributed by atoms with Gasteiger partial charge in [-0.3, -0.25) is 4.98 Å². The van der Waals surface area contributed by atoms with Crippen molar-refractivity contribution in [1.29, 1.82) is 0 Å². The van der Waals surface area contributed by atoms with E-state index in [1.54, 1.807) is 19.5 Å². The van der Waals surface area contributed by atoms with Crippen LogP contribution in [0.4, 0.5) is 0 Å². The van der Waals surface area contributed by atoms with E-state index in [0.717, 1.165) is 47.0 Å². The average molecular weight is 335 g/mol. The molecular weight excluding hydrogens is 314 g/mol. The van der Waals surface area contributed by atoms with Crippen molar-refractivity contribution in [2.75, 3.05) is 7.11 Å². The van der Waals surface area contributed by atoms with Gasteiger partial charge in [0, 0.05) is 23.5 Å². The number of aromatic nitrogens is 1. The van der Waals surface area contributed by atoms with Gasteiger partial charge < -0.3 is 13.9 Å². The van der Waals surface area contributed by atoms with Crippen molar-refractivity contribution < 1.29 is 13.9 Å². The summed E-state index contributed by atoms with van der Waals surface area (Å²) in [7, 11) is 1.67. The zero-order valence-electron chi connectivity index (χ0n) is 14.3. The van der Waals surface area contributed by atoms with E-state index in [4.69, 9.17) is 13.9 Å². The summed E-state index contributed by atoms with van der Waals surface area (Å²) in [6.07, 6.45) is 8.56. The van der Waals surface area contributed by atoms with Gasteiger partial charge >= 0.3 is 0 Å². The first-order valence-corrected chi connectivity index (χ1v) is 8.69. The molecule has 4 nitrogen and oxygen atoms in total. The van der Waals surface area contributed by atoms with Crippen LogP contribution in [0.1, 0.15) is 25.7 Å². The van der Waals surface area contributed by atoms with Crippen LogP contribution in [0.25, 0.3) is 22.6 Å². The van der Waals surface area contributed by atoms with E-state index in [1.807, 2.05) is 42.5 Å². The van der Waals surface area contributed by atoms with Crippen molar-refractivity contribution in [2.24, 2.45) is 0 Å². The van der Waals surface area contributed by atoms with Crippen molar-refractivity contribution in [3.8, 4) is 34.1 Å². The van der Waals surface area contributed by atoms with E-state index in [1.165, 1.54) is 12.8 Å². The van der Waals surface area contributed by atoms with Crippen molar-refractivity contribution in [1.82, 2.24) is 4.98 Å². The molecule has 0 radical (unpaired) electrons. The van der Waals surface area contributed by atoms with E-state index in [-0.39, 0.29) is 0 Å². The van der Waals surface area contributed by atoms with Gasteiger partial charge in [0.1, 0.15) is 11.5 Å². The Morgan fingerprint density at radius 2 is 1.60 bits per heavy atom. The van der Waals surface area contributed by atoms with Gasteiger partial charge in [0.25, 0.3) is 0 Å². The molecule has 1 aromatic carbocycles. The molecule has 0 N–H and O–H groups in total. The maximum Gasteiger partial charge on any atom is 0.161 e. The molecule has 0 unspecified atom stereocenters. The first-order chi connectivity index (χ1) is 12.3. The minimum absolute atomic E-state index is 0.307. The van der Waals surface area contributed by atoms with Crippen LogP contribution in [-0.2, 0) is 0 Å². The SMILES string of the molecule is COc1cc(-c2ccc(-c3ccncc3)o2)ccc1OC1CCCC1. The van der Waals surface area contributed by atoms with Crippen LogP contribution in [-0.4, -0.2) is 18.2 Å². The number of methoxy groups -OCH3 is 1. The summed E-state index contributed by atoms with van der Waals surface area (Å²) in [6.45, 7) is 0. The number of furan rings is 1. The number of nitrogens with zero attached hydrogens (tertiary/aromatic N) is 1. The molecule has 1 fully saturated rings. The molecule has 2 heterocycles. The second kappa shape index (κ2) is 7.01. The summed E-state index contributed by atoms with van der Waals surface area (Å²) >= 11 is 0. The van der Waals surface area contributed by atoms with Crippen molar-refractivity contribution in [2.45, 2.75) is 31.8 Å². The molecule has 3 aromatic rings. The molecule has 0 saturated heterocycles. The Kier molecular flexibility index (Phi) is 4.42. The molecule has 4 heteroatoms. The molecule has 2 aromatic heterocycles. The molecule has 0 bridgehead atoms. The maximum atomic E-state index is 6.10. The zero-order valence-corrected chi connectivity index (χ0v) is 14.3. The molecule has 1 aliphatic carbocycles. The Morgan fingerprint density at radius 3 is 2.32 bits per heavy atom. The van der Waals surface area contributed by atoms with Crippen LogP contribution in [0.2, 0.25) is 0 Å². The Labute approximate surface area is 147 Å². The highest BCUT2D eigenvalue weighted by Crippen LogP contribution is 2.36. The second-order valence-corrected chi connectivity index (χ2v) is 6.29.